The van der Waals surface area contributed by atoms with E-state index in [-0.39, 0.29) is 0 Å². The third-order valence-corrected chi connectivity index (χ3v) is 3.53. The van der Waals surface area contributed by atoms with Crippen molar-refractivity contribution in [3.05, 3.63) is 0 Å². The summed E-state index contributed by atoms with van der Waals surface area (Å²) >= 11 is 0. The molecular formula is C10H20N2O. The van der Waals surface area contributed by atoms with E-state index in [9.17, 15) is 0 Å². The lowest BCUT2D eigenvalue weighted by Gasteiger charge is -2.36. The minimum Gasteiger partial charge on any atom is -0.377 e. The summed E-state index contributed by atoms with van der Waals surface area (Å²) in [6.45, 7) is 1.38. The third kappa shape index (κ3) is 1.87. The maximum absolute atomic E-state index is 5.71. The number of nitrogens with zero attached hydrogens (tertiary/aromatic N) is 1. The van der Waals surface area contributed by atoms with Crippen molar-refractivity contribution in [2.75, 3.05) is 20.2 Å². The predicted molar refractivity (Wildman–Crippen MR) is 52.6 cm³/mol. The number of nitrogens with two attached hydrogens (primary N) is 1. The molecule has 2 N–H and O–H groups in total. The van der Waals surface area contributed by atoms with Crippen molar-refractivity contribution < 1.29 is 4.74 Å². The van der Waals surface area contributed by atoms with E-state index in [1.54, 1.807) is 0 Å². The van der Waals surface area contributed by atoms with Gasteiger partial charge in [0, 0.05) is 18.6 Å². The van der Waals surface area contributed by atoms with Gasteiger partial charge in [0.2, 0.25) is 0 Å². The minimum atomic E-state index is 0.484. The van der Waals surface area contributed by atoms with Crippen molar-refractivity contribution in [1.29, 1.82) is 0 Å². The highest BCUT2D eigenvalue weighted by atomic mass is 16.5. The first kappa shape index (κ1) is 9.44. The highest BCUT2D eigenvalue weighted by Gasteiger charge is 2.38. The zero-order chi connectivity index (χ0) is 9.26. The first-order valence-electron chi connectivity index (χ1n) is 5.35. The van der Waals surface area contributed by atoms with Crippen LogP contribution in [0.2, 0.25) is 0 Å². The van der Waals surface area contributed by atoms with E-state index in [0.717, 1.165) is 18.7 Å². The second kappa shape index (κ2) is 3.95. The average molecular weight is 184 g/mol. The van der Waals surface area contributed by atoms with Gasteiger partial charge in [-0.1, -0.05) is 0 Å². The Hall–Kier alpha value is -0.120. The molecule has 0 amide bonds. The second-order valence-electron chi connectivity index (χ2n) is 4.30. The first-order chi connectivity index (χ1) is 6.31. The second-order valence-corrected chi connectivity index (χ2v) is 4.30. The topological polar surface area (TPSA) is 38.5 Å². The number of ether oxygens (including phenoxy) is 1. The third-order valence-electron chi connectivity index (χ3n) is 3.53. The molecular weight excluding hydrogens is 164 g/mol. The van der Waals surface area contributed by atoms with Gasteiger partial charge in [-0.2, -0.15) is 0 Å². The Morgan fingerprint density at radius 3 is 2.46 bits per heavy atom. The maximum atomic E-state index is 5.71. The standard InChI is InChI=1S/C10H20N2O/c1-12-8-2-3-9(12)7-10(6-8)13-5-4-11/h8-10H,2-7,11H2,1H3. The lowest BCUT2D eigenvalue weighted by Crippen LogP contribution is -2.43. The van der Waals surface area contributed by atoms with Crippen LogP contribution in [0.5, 0.6) is 0 Å². The predicted octanol–water partition coefficient (Wildman–Crippen LogP) is 0.587. The van der Waals surface area contributed by atoms with E-state index < -0.39 is 0 Å². The molecule has 2 aliphatic heterocycles. The van der Waals surface area contributed by atoms with Gasteiger partial charge in [-0.15, -0.1) is 0 Å². The van der Waals surface area contributed by atoms with Crippen LogP contribution in [0.3, 0.4) is 0 Å². The van der Waals surface area contributed by atoms with Crippen LogP contribution in [-0.2, 0) is 4.74 Å². The van der Waals surface area contributed by atoms with Crippen molar-refractivity contribution in [2.45, 2.75) is 43.9 Å². The van der Waals surface area contributed by atoms with Crippen LogP contribution in [0.1, 0.15) is 25.7 Å². The summed E-state index contributed by atoms with van der Waals surface area (Å²) in [5.41, 5.74) is 5.42. The maximum Gasteiger partial charge on any atom is 0.0605 e. The van der Waals surface area contributed by atoms with E-state index in [1.807, 2.05) is 0 Å². The van der Waals surface area contributed by atoms with Crippen molar-refractivity contribution in [3.8, 4) is 0 Å². The van der Waals surface area contributed by atoms with Gasteiger partial charge in [0.25, 0.3) is 0 Å². The van der Waals surface area contributed by atoms with E-state index in [2.05, 4.69) is 11.9 Å². The lowest BCUT2D eigenvalue weighted by atomic mass is 10.0. The van der Waals surface area contributed by atoms with Gasteiger partial charge in [0.15, 0.2) is 0 Å². The summed E-state index contributed by atoms with van der Waals surface area (Å²) in [6.07, 6.45) is 5.64. The Kier molecular flexibility index (Phi) is 2.86. The van der Waals surface area contributed by atoms with Gasteiger partial charge in [0.1, 0.15) is 0 Å². The molecule has 3 nitrogen and oxygen atoms in total. The van der Waals surface area contributed by atoms with E-state index in [1.165, 1.54) is 25.7 Å². The molecule has 0 radical (unpaired) electrons. The zero-order valence-electron chi connectivity index (χ0n) is 8.41. The average Bonchev–Trinajstić information content (AvgIpc) is 2.41. The monoisotopic (exact) mass is 184 g/mol. The summed E-state index contributed by atoms with van der Waals surface area (Å²) in [6, 6.07) is 1.56. The summed E-state index contributed by atoms with van der Waals surface area (Å²) in [7, 11) is 2.25. The number of hydrogen-bond donors (Lipinski definition) is 1. The summed E-state index contributed by atoms with van der Waals surface area (Å²) in [4.78, 5) is 2.53. The van der Waals surface area contributed by atoms with Crippen molar-refractivity contribution in [2.24, 2.45) is 5.73 Å². The van der Waals surface area contributed by atoms with Gasteiger partial charge in [-0.25, -0.2) is 0 Å². The molecule has 0 aromatic rings. The van der Waals surface area contributed by atoms with Crippen LogP contribution in [-0.4, -0.2) is 43.3 Å². The molecule has 0 spiro atoms. The molecule has 0 aromatic carbocycles. The van der Waals surface area contributed by atoms with Gasteiger partial charge >= 0.3 is 0 Å². The van der Waals surface area contributed by atoms with Crippen molar-refractivity contribution >= 4 is 0 Å². The molecule has 13 heavy (non-hydrogen) atoms. The fourth-order valence-corrected chi connectivity index (χ4v) is 2.73. The Morgan fingerprint density at radius 2 is 1.92 bits per heavy atom. The first-order valence-corrected chi connectivity index (χ1v) is 5.35. The Balaban J connectivity index is 1.84. The van der Waals surface area contributed by atoms with Crippen LogP contribution in [0, 0.1) is 0 Å². The molecule has 2 saturated heterocycles. The van der Waals surface area contributed by atoms with Crippen LogP contribution < -0.4 is 5.73 Å². The number of fused-ring (bicyclic) bond motifs is 2. The molecule has 0 saturated carbocycles. The quantitative estimate of drug-likeness (QED) is 0.697. The molecule has 0 aromatic heterocycles. The molecule has 0 aliphatic carbocycles. The van der Waals surface area contributed by atoms with Gasteiger partial charge in [0.05, 0.1) is 12.7 Å². The molecule has 2 heterocycles. The van der Waals surface area contributed by atoms with Crippen molar-refractivity contribution in [1.82, 2.24) is 4.90 Å². The SMILES string of the molecule is CN1C2CCC1CC(OCCN)C2. The Morgan fingerprint density at radius 1 is 1.31 bits per heavy atom. The molecule has 76 valence electrons. The zero-order valence-corrected chi connectivity index (χ0v) is 8.41. The number of rotatable bonds is 3. The highest BCUT2D eigenvalue weighted by Crippen LogP contribution is 2.35. The Bertz CT molecular complexity index is 160. The smallest absolute Gasteiger partial charge is 0.0605 e. The summed E-state index contributed by atoms with van der Waals surface area (Å²) < 4.78 is 5.71. The molecule has 3 heteroatoms. The molecule has 2 unspecified atom stereocenters. The largest absolute Gasteiger partial charge is 0.377 e. The lowest BCUT2D eigenvalue weighted by molar-refractivity contribution is -0.00880. The van der Waals surface area contributed by atoms with E-state index in [4.69, 9.17) is 10.5 Å². The van der Waals surface area contributed by atoms with Crippen molar-refractivity contribution in [3.63, 3.8) is 0 Å². The molecule has 2 fully saturated rings. The fourth-order valence-electron chi connectivity index (χ4n) is 2.73. The van der Waals surface area contributed by atoms with Crippen LogP contribution in [0.4, 0.5) is 0 Å². The molecule has 2 aliphatic rings. The van der Waals surface area contributed by atoms with Crippen LogP contribution in [0.25, 0.3) is 0 Å². The molecule has 2 bridgehead atoms. The van der Waals surface area contributed by atoms with E-state index in [0.29, 0.717) is 12.6 Å². The summed E-state index contributed by atoms with van der Waals surface area (Å²) in [5.74, 6) is 0. The molecule has 2 atom stereocenters. The fraction of sp³-hybridized carbons (Fsp3) is 1.00. The highest BCUT2D eigenvalue weighted by molar-refractivity contribution is 4.93. The van der Waals surface area contributed by atoms with Gasteiger partial charge in [-0.3, -0.25) is 0 Å². The van der Waals surface area contributed by atoms with Gasteiger partial charge in [-0.05, 0) is 32.7 Å². The Labute approximate surface area is 80.2 Å². The van der Waals surface area contributed by atoms with Crippen LogP contribution in [0.15, 0.2) is 0 Å². The summed E-state index contributed by atoms with van der Waals surface area (Å²) in [5, 5.41) is 0. The number of hydrogen-bond acceptors (Lipinski definition) is 3. The number of piperidine rings is 1. The van der Waals surface area contributed by atoms with Crippen LogP contribution >= 0.6 is 0 Å². The molecule has 2 rings (SSSR count). The minimum absolute atomic E-state index is 0.484. The van der Waals surface area contributed by atoms with Gasteiger partial charge < -0.3 is 15.4 Å². The normalized spacial score (nSPS) is 39.7. The van der Waals surface area contributed by atoms with E-state index >= 15 is 0 Å².